The fourth-order valence-corrected chi connectivity index (χ4v) is 7.44. The van der Waals surface area contributed by atoms with Crippen LogP contribution in [0.25, 0.3) is 21.8 Å². The number of methoxy groups -OCH3 is 2. The molecule has 0 radical (unpaired) electrons. The second-order valence-corrected chi connectivity index (χ2v) is 13.0. The van der Waals surface area contributed by atoms with Crippen molar-refractivity contribution in [3.05, 3.63) is 112 Å². The van der Waals surface area contributed by atoms with Gasteiger partial charge in [0.1, 0.15) is 23.2 Å². The molecule has 2 aromatic heterocycles. The van der Waals surface area contributed by atoms with Crippen LogP contribution in [0.4, 0.5) is 0 Å². The summed E-state index contributed by atoms with van der Waals surface area (Å²) in [5.74, 6) is 1.67. The lowest BCUT2D eigenvalue weighted by molar-refractivity contribution is 0.148. The van der Waals surface area contributed by atoms with Gasteiger partial charge in [-0.2, -0.15) is 5.10 Å². The molecular formula is C36H39N5O2S. The van der Waals surface area contributed by atoms with Gasteiger partial charge in [-0.15, -0.1) is 11.3 Å². The Bertz CT molecular complexity index is 1700. The van der Waals surface area contributed by atoms with E-state index in [1.165, 1.54) is 27.9 Å². The van der Waals surface area contributed by atoms with E-state index in [-0.39, 0.29) is 6.04 Å². The monoisotopic (exact) mass is 605 g/mol. The molecule has 3 aromatic carbocycles. The van der Waals surface area contributed by atoms with Crippen molar-refractivity contribution in [2.45, 2.75) is 25.6 Å². The number of ether oxygens (including phenoxy) is 2. The highest BCUT2D eigenvalue weighted by Gasteiger charge is 2.33. The Kier molecular flexibility index (Phi) is 7.99. The topological polar surface area (TPSA) is 68.8 Å². The molecule has 0 amide bonds. The first kappa shape index (κ1) is 28.8. The molecule has 0 bridgehead atoms. The Labute approximate surface area is 263 Å². The van der Waals surface area contributed by atoms with Crippen LogP contribution in [0, 0.1) is 0 Å². The number of piperazine rings is 1. The molecular weight excluding hydrogens is 566 g/mol. The third kappa shape index (κ3) is 5.43. The normalized spacial score (nSPS) is 15.0. The van der Waals surface area contributed by atoms with Crippen LogP contribution < -0.4 is 15.2 Å². The number of hydrogen-bond acceptors (Lipinski definition) is 7. The zero-order valence-electron chi connectivity index (χ0n) is 25.6. The molecule has 0 spiro atoms. The van der Waals surface area contributed by atoms with Crippen LogP contribution in [-0.4, -0.2) is 67.0 Å². The summed E-state index contributed by atoms with van der Waals surface area (Å²) in [5, 5.41) is 5.42. The maximum atomic E-state index is 6.03. The van der Waals surface area contributed by atoms with Crippen molar-refractivity contribution in [1.82, 2.24) is 19.6 Å². The highest BCUT2D eigenvalue weighted by molar-refractivity contribution is 7.15. The average molecular weight is 606 g/mol. The Hall–Kier alpha value is -3.95. The van der Waals surface area contributed by atoms with E-state index in [2.05, 4.69) is 76.1 Å². The highest BCUT2D eigenvalue weighted by atomic mass is 32.1. The summed E-state index contributed by atoms with van der Waals surface area (Å²) in [5.41, 5.74) is 15.9. The molecule has 44 heavy (non-hydrogen) atoms. The average Bonchev–Trinajstić information content (AvgIpc) is 3.78. The molecule has 0 unspecified atom stereocenters. The molecule has 226 valence electrons. The third-order valence-corrected chi connectivity index (χ3v) is 10.1. The van der Waals surface area contributed by atoms with Crippen molar-refractivity contribution < 1.29 is 9.47 Å². The van der Waals surface area contributed by atoms with E-state index in [4.69, 9.17) is 20.3 Å². The Morgan fingerprint density at radius 2 is 1.50 bits per heavy atom. The van der Waals surface area contributed by atoms with Gasteiger partial charge in [-0.05, 0) is 65.7 Å². The van der Waals surface area contributed by atoms with Gasteiger partial charge < -0.3 is 20.1 Å². The second-order valence-electron chi connectivity index (χ2n) is 11.8. The van der Waals surface area contributed by atoms with Crippen molar-refractivity contribution in [2.24, 2.45) is 5.73 Å². The maximum absolute atomic E-state index is 6.03. The molecule has 3 heterocycles. The highest BCUT2D eigenvalue weighted by Crippen LogP contribution is 2.46. The third-order valence-electron chi connectivity index (χ3n) is 9.01. The van der Waals surface area contributed by atoms with Crippen molar-refractivity contribution in [1.29, 1.82) is 0 Å². The van der Waals surface area contributed by atoms with E-state index in [0.29, 0.717) is 6.54 Å². The molecule has 0 saturated carbocycles. The summed E-state index contributed by atoms with van der Waals surface area (Å²) in [6.07, 6.45) is 0.865. The molecule has 7 nitrogen and oxygen atoms in total. The fraction of sp³-hybridized carbons (Fsp3) is 0.306. The SMILES string of the molecule is COc1ccc(C(c2ccc(OC)cc2)n2nc(-c3ccc(CN)s3)c3c2-c2ccc(CN4CCN(C)CC4)cc2C3)cc1. The molecule has 7 rings (SSSR count). The summed E-state index contributed by atoms with van der Waals surface area (Å²) in [6, 6.07) is 27.9. The smallest absolute Gasteiger partial charge is 0.118 e. The predicted octanol–water partition coefficient (Wildman–Crippen LogP) is 6.04. The number of nitrogens with two attached hydrogens (primary N) is 1. The molecule has 8 heteroatoms. The second kappa shape index (κ2) is 12.2. The van der Waals surface area contributed by atoms with Gasteiger partial charge in [0.05, 0.1) is 24.8 Å². The minimum absolute atomic E-state index is 0.140. The van der Waals surface area contributed by atoms with Crippen LogP contribution in [0.5, 0.6) is 11.5 Å². The van der Waals surface area contributed by atoms with Gasteiger partial charge in [0.15, 0.2) is 0 Å². The number of fused-ring (bicyclic) bond motifs is 3. The number of nitrogens with zero attached hydrogens (tertiary/aromatic N) is 4. The molecule has 2 aliphatic rings. The summed E-state index contributed by atoms with van der Waals surface area (Å²) >= 11 is 1.74. The first-order valence-corrected chi connectivity index (χ1v) is 16.1. The summed E-state index contributed by atoms with van der Waals surface area (Å²) in [7, 11) is 5.61. The van der Waals surface area contributed by atoms with Crippen molar-refractivity contribution >= 4 is 11.3 Å². The van der Waals surface area contributed by atoms with Gasteiger partial charge >= 0.3 is 0 Å². The Balaban J connectivity index is 1.36. The van der Waals surface area contributed by atoms with Crippen molar-refractivity contribution in [3.8, 4) is 33.3 Å². The van der Waals surface area contributed by atoms with E-state index < -0.39 is 0 Å². The quantitative estimate of drug-likeness (QED) is 0.217. The minimum atomic E-state index is -0.140. The standard InChI is InChI=1S/C36H39N5O2S/c1-39-16-18-40(19-17-39)23-24-4-14-31-27(20-24)21-32-34(33-15-13-30(22-37)44-33)38-41(36(31)32)35(25-5-9-28(42-2)10-6-25)26-7-11-29(43-3)12-8-26/h4-15,20,35H,16-19,21-23,37H2,1-3H3. The fourth-order valence-electron chi connectivity index (χ4n) is 6.55. The number of aromatic nitrogens is 2. The van der Waals surface area contributed by atoms with E-state index in [9.17, 15) is 0 Å². The number of benzene rings is 3. The van der Waals surface area contributed by atoms with E-state index in [1.807, 2.05) is 24.3 Å². The lowest BCUT2D eigenvalue weighted by Gasteiger charge is -2.32. The van der Waals surface area contributed by atoms with Gasteiger partial charge in [0.25, 0.3) is 0 Å². The van der Waals surface area contributed by atoms with Gasteiger partial charge in [-0.3, -0.25) is 9.58 Å². The van der Waals surface area contributed by atoms with Crippen LogP contribution in [0.1, 0.15) is 38.7 Å². The van der Waals surface area contributed by atoms with Gasteiger partial charge in [-0.1, -0.05) is 42.5 Å². The number of rotatable bonds is 9. The van der Waals surface area contributed by atoms with Crippen molar-refractivity contribution in [2.75, 3.05) is 47.4 Å². The number of likely N-dealkylation sites (N-methyl/N-ethyl adjacent to an activating group) is 1. The maximum Gasteiger partial charge on any atom is 0.118 e. The van der Waals surface area contributed by atoms with Crippen LogP contribution in [0.15, 0.2) is 78.9 Å². The van der Waals surface area contributed by atoms with Gasteiger partial charge in [0, 0.05) is 61.7 Å². The Morgan fingerprint density at radius 1 is 0.841 bits per heavy atom. The van der Waals surface area contributed by atoms with Crippen LogP contribution in [0.3, 0.4) is 0 Å². The summed E-state index contributed by atoms with van der Waals surface area (Å²) in [6.45, 7) is 5.99. The predicted molar refractivity (Wildman–Crippen MR) is 178 cm³/mol. The largest absolute Gasteiger partial charge is 0.497 e. The molecule has 1 aliphatic heterocycles. The molecule has 5 aromatic rings. The van der Waals surface area contributed by atoms with E-state index in [1.54, 1.807) is 25.6 Å². The van der Waals surface area contributed by atoms with Gasteiger partial charge in [0.2, 0.25) is 0 Å². The van der Waals surface area contributed by atoms with E-state index in [0.717, 1.165) is 77.2 Å². The zero-order chi connectivity index (χ0) is 30.2. The summed E-state index contributed by atoms with van der Waals surface area (Å²) in [4.78, 5) is 7.30. The lowest BCUT2D eigenvalue weighted by Crippen LogP contribution is -2.43. The van der Waals surface area contributed by atoms with Gasteiger partial charge in [-0.25, -0.2) is 0 Å². The van der Waals surface area contributed by atoms with Crippen LogP contribution in [0.2, 0.25) is 0 Å². The number of thiophene rings is 1. The molecule has 0 atom stereocenters. The molecule has 1 saturated heterocycles. The van der Waals surface area contributed by atoms with Crippen LogP contribution in [-0.2, 0) is 19.5 Å². The molecule has 2 N–H and O–H groups in total. The Morgan fingerprint density at radius 3 is 2.09 bits per heavy atom. The van der Waals surface area contributed by atoms with Crippen LogP contribution >= 0.6 is 11.3 Å². The van der Waals surface area contributed by atoms with E-state index >= 15 is 0 Å². The number of hydrogen-bond donors (Lipinski definition) is 1. The summed E-state index contributed by atoms with van der Waals surface area (Å²) < 4.78 is 13.3. The van der Waals surface area contributed by atoms with Crippen molar-refractivity contribution in [3.63, 3.8) is 0 Å². The lowest BCUT2D eigenvalue weighted by atomic mass is 9.97. The first-order valence-electron chi connectivity index (χ1n) is 15.3. The first-order chi connectivity index (χ1) is 21.5. The molecule has 1 fully saturated rings. The molecule has 1 aliphatic carbocycles. The minimum Gasteiger partial charge on any atom is -0.497 e. The zero-order valence-corrected chi connectivity index (χ0v) is 26.4.